The number of nitrogens with two attached hydrogens (primary N) is 1. The Kier molecular flexibility index (Phi) is 2.07. The van der Waals surface area contributed by atoms with Crippen molar-refractivity contribution in [2.24, 2.45) is 14.5 Å². The maximum Gasteiger partial charge on any atom is 0.318 e. The molecule has 10 heavy (non-hydrogen) atoms. The molecule has 0 aromatic carbocycles. The van der Waals surface area contributed by atoms with Crippen molar-refractivity contribution in [3.63, 3.8) is 0 Å². The van der Waals surface area contributed by atoms with Crippen molar-refractivity contribution in [1.29, 1.82) is 0 Å². The van der Waals surface area contributed by atoms with Gasteiger partial charge in [-0.25, -0.2) is 10.1 Å². The zero-order chi connectivity index (χ0) is 7.61. The van der Waals surface area contributed by atoms with E-state index in [1.54, 1.807) is 0 Å². The van der Waals surface area contributed by atoms with Gasteiger partial charge in [0.25, 0.3) is 0 Å². The van der Waals surface area contributed by atoms with Gasteiger partial charge in [-0.2, -0.15) is 8.42 Å². The van der Waals surface area contributed by atoms with Gasteiger partial charge >= 0.3 is 10.2 Å². The first kappa shape index (κ1) is 7.70. The van der Waals surface area contributed by atoms with Crippen LogP contribution in [0.1, 0.15) is 0 Å². The second-order valence-corrected chi connectivity index (χ2v) is 3.61. The third-order valence-electron chi connectivity index (χ3n) is 0.721. The van der Waals surface area contributed by atoms with Crippen LogP contribution in [0.2, 0.25) is 0 Å². The van der Waals surface area contributed by atoms with Crippen molar-refractivity contribution >= 4 is 33.4 Å². The smallest absolute Gasteiger partial charge is 0.233 e. The maximum absolute atomic E-state index is 10.3. The van der Waals surface area contributed by atoms with Crippen LogP contribution < -0.4 is 5.14 Å². The lowest BCUT2D eigenvalue weighted by molar-refractivity contribution is 0.599. The second-order valence-electron chi connectivity index (χ2n) is 1.57. The van der Waals surface area contributed by atoms with Crippen LogP contribution in [0.15, 0.2) is 9.39 Å². The Hall–Kier alpha value is -0.400. The molecule has 1 heterocycles. The van der Waals surface area contributed by atoms with Gasteiger partial charge in [-0.05, 0) is 0 Å². The molecule has 0 fully saturated rings. The number of aliphatic imine (C=N–C) groups is 1. The minimum atomic E-state index is -3.75. The van der Waals surface area contributed by atoms with E-state index in [2.05, 4.69) is 14.5 Å². The lowest BCUT2D eigenvalue weighted by atomic mass is 10.7. The maximum atomic E-state index is 10.3. The molecule has 0 spiro atoms. The largest absolute Gasteiger partial charge is 0.318 e. The van der Waals surface area contributed by atoms with E-state index in [1.807, 2.05) is 0 Å². The topological polar surface area (TPSA) is 84.9 Å². The number of thioether (sulfide) groups is 1. The molecule has 0 saturated carbocycles. The van der Waals surface area contributed by atoms with Gasteiger partial charge in [0.1, 0.15) is 0 Å². The molecule has 2 N–H and O–H groups in total. The Labute approximate surface area is 62.6 Å². The molecule has 1 rings (SSSR count). The Bertz CT molecular complexity index is 278. The molecule has 1 aliphatic rings. The van der Waals surface area contributed by atoms with E-state index in [0.29, 0.717) is 5.75 Å². The van der Waals surface area contributed by atoms with Crippen molar-refractivity contribution in [1.82, 2.24) is 0 Å². The number of hydrogen-bond acceptors (Lipinski definition) is 3. The summed E-state index contributed by atoms with van der Waals surface area (Å²) in [4.78, 5) is 3.65. The van der Waals surface area contributed by atoms with Crippen molar-refractivity contribution in [3.05, 3.63) is 0 Å². The first-order valence-corrected chi connectivity index (χ1v) is 4.89. The molecule has 0 atom stereocenters. The second kappa shape index (κ2) is 2.69. The van der Waals surface area contributed by atoms with Gasteiger partial charge in [-0.1, -0.05) is 0 Å². The van der Waals surface area contributed by atoms with Crippen molar-refractivity contribution in [2.75, 3.05) is 5.75 Å². The van der Waals surface area contributed by atoms with Crippen molar-refractivity contribution in [3.8, 4) is 0 Å². The van der Waals surface area contributed by atoms with Crippen LogP contribution in [0.4, 0.5) is 0 Å². The van der Waals surface area contributed by atoms with Gasteiger partial charge in [-0.3, -0.25) is 0 Å². The Morgan fingerprint density at radius 2 is 2.50 bits per heavy atom. The van der Waals surface area contributed by atoms with Crippen LogP contribution in [0.5, 0.6) is 0 Å². The number of rotatable bonds is 1. The molecule has 0 aliphatic carbocycles. The highest BCUT2D eigenvalue weighted by atomic mass is 32.2. The molecule has 0 aromatic rings. The fourth-order valence-corrected chi connectivity index (χ4v) is 1.49. The van der Waals surface area contributed by atoms with Crippen LogP contribution in [0.3, 0.4) is 0 Å². The summed E-state index contributed by atoms with van der Waals surface area (Å²) in [5, 5.41) is 4.62. The molecule has 0 saturated heterocycles. The summed E-state index contributed by atoms with van der Waals surface area (Å²) >= 11 is 1.38. The molecule has 0 unspecified atom stereocenters. The lowest BCUT2D eigenvalue weighted by Crippen LogP contribution is -2.10. The van der Waals surface area contributed by atoms with Gasteiger partial charge in [0, 0.05) is 0 Å². The van der Waals surface area contributed by atoms with Gasteiger partial charge in [0.15, 0.2) is 5.84 Å². The van der Waals surface area contributed by atoms with E-state index in [4.69, 9.17) is 0 Å². The van der Waals surface area contributed by atoms with Crippen LogP contribution in [0.25, 0.3) is 0 Å². The highest BCUT2D eigenvalue weighted by Crippen LogP contribution is 2.06. The third kappa shape index (κ3) is 2.46. The van der Waals surface area contributed by atoms with Crippen molar-refractivity contribution < 1.29 is 8.42 Å². The average Bonchev–Trinajstić information content (AvgIpc) is 2.12. The van der Waals surface area contributed by atoms with Crippen LogP contribution >= 0.6 is 11.8 Å². The normalized spacial score (nSPS) is 22.3. The van der Waals surface area contributed by atoms with Gasteiger partial charge in [0.05, 0.1) is 11.3 Å². The van der Waals surface area contributed by atoms with E-state index < -0.39 is 10.2 Å². The SMILES string of the molecule is NS(=O)(=O)N=C1CSC=N1. The summed E-state index contributed by atoms with van der Waals surface area (Å²) in [5.41, 5.74) is 1.53. The van der Waals surface area contributed by atoms with Crippen LogP contribution in [-0.4, -0.2) is 25.6 Å². The molecule has 0 aromatic heterocycles. The highest BCUT2D eigenvalue weighted by Gasteiger charge is 2.06. The highest BCUT2D eigenvalue weighted by molar-refractivity contribution is 8.13. The molecule has 7 heteroatoms. The predicted octanol–water partition coefficient (Wildman–Crippen LogP) is -0.636. The Morgan fingerprint density at radius 1 is 1.80 bits per heavy atom. The fourth-order valence-electron chi connectivity index (χ4n) is 0.444. The first-order chi connectivity index (χ1) is 4.58. The van der Waals surface area contributed by atoms with Gasteiger partial charge < -0.3 is 0 Å². The number of amidine groups is 1. The molecule has 56 valence electrons. The van der Waals surface area contributed by atoms with E-state index in [1.165, 1.54) is 17.3 Å². The summed E-state index contributed by atoms with van der Waals surface area (Å²) in [6.07, 6.45) is 0. The molecular formula is C3H5N3O2S2. The minimum Gasteiger partial charge on any atom is -0.233 e. The molecule has 5 nitrogen and oxygen atoms in total. The number of hydrogen-bond donors (Lipinski definition) is 1. The number of nitrogens with zero attached hydrogens (tertiary/aromatic N) is 2. The molecule has 0 amide bonds. The van der Waals surface area contributed by atoms with E-state index in [-0.39, 0.29) is 5.84 Å². The predicted molar refractivity (Wildman–Crippen MR) is 41.5 cm³/mol. The Balaban J connectivity index is 2.83. The lowest BCUT2D eigenvalue weighted by Gasteiger charge is -1.87. The molecule has 0 radical (unpaired) electrons. The zero-order valence-electron chi connectivity index (χ0n) is 4.89. The van der Waals surface area contributed by atoms with Gasteiger partial charge in [-0.15, -0.1) is 16.2 Å². The molecule has 0 bridgehead atoms. The summed E-state index contributed by atoms with van der Waals surface area (Å²) in [7, 11) is -3.75. The first-order valence-electron chi connectivity index (χ1n) is 2.33. The van der Waals surface area contributed by atoms with Crippen LogP contribution in [0, 0.1) is 0 Å². The standard InChI is InChI=1S/C3H5N3O2S2/c4-10(7,8)6-3-1-9-2-5-3/h2H,1H2,(H2,4,7,8). The zero-order valence-corrected chi connectivity index (χ0v) is 6.52. The average molecular weight is 179 g/mol. The summed E-state index contributed by atoms with van der Waals surface area (Å²) < 4.78 is 23.7. The molecule has 1 aliphatic heterocycles. The third-order valence-corrected chi connectivity index (χ3v) is 1.87. The monoisotopic (exact) mass is 179 g/mol. The minimum absolute atomic E-state index is 0.257. The summed E-state index contributed by atoms with van der Waals surface area (Å²) in [5.74, 6) is 0.740. The van der Waals surface area contributed by atoms with Gasteiger partial charge in [0.2, 0.25) is 0 Å². The van der Waals surface area contributed by atoms with E-state index in [9.17, 15) is 8.42 Å². The summed E-state index contributed by atoms with van der Waals surface area (Å²) in [6.45, 7) is 0. The quantitative estimate of drug-likeness (QED) is 0.581. The fraction of sp³-hybridized carbons (Fsp3) is 0.333. The Morgan fingerprint density at radius 3 is 2.90 bits per heavy atom. The van der Waals surface area contributed by atoms with E-state index >= 15 is 0 Å². The van der Waals surface area contributed by atoms with E-state index in [0.717, 1.165) is 0 Å². The molecular weight excluding hydrogens is 174 g/mol. The van der Waals surface area contributed by atoms with Crippen molar-refractivity contribution in [2.45, 2.75) is 0 Å². The summed E-state index contributed by atoms with van der Waals surface area (Å²) in [6, 6.07) is 0. The van der Waals surface area contributed by atoms with Crippen LogP contribution in [-0.2, 0) is 10.2 Å².